The van der Waals surface area contributed by atoms with Gasteiger partial charge < -0.3 is 19.8 Å². The van der Waals surface area contributed by atoms with Crippen molar-refractivity contribution in [2.75, 3.05) is 39.9 Å². The Balaban J connectivity index is 0.00000280. The van der Waals surface area contributed by atoms with Gasteiger partial charge in [-0.05, 0) is 18.1 Å². The number of rotatable bonds is 7. The highest BCUT2D eigenvalue weighted by Crippen LogP contribution is 2.14. The van der Waals surface area contributed by atoms with Gasteiger partial charge in [0.05, 0.1) is 26.0 Å². The van der Waals surface area contributed by atoms with Crippen molar-refractivity contribution in [3.8, 4) is 11.6 Å². The second-order valence-corrected chi connectivity index (χ2v) is 6.85. The first kappa shape index (κ1) is 22.6. The lowest BCUT2D eigenvalue weighted by Crippen LogP contribution is -2.52. The standard InChI is InChI=1S/C18H29N7O2.HI/c1-13(2)14(25-6-9-26-10-7-25)11-20-18(19-3)21-12-16-22-17(24-23-16)15-5-4-8-27-15;/h4-5,8,13-14H,6-7,9-12H2,1-3H3,(H2,19,20,21)(H,22,23,24);1H. The topological polar surface area (TPSA) is 104 Å². The van der Waals surface area contributed by atoms with Crippen molar-refractivity contribution in [2.45, 2.75) is 26.4 Å². The maximum atomic E-state index is 5.47. The van der Waals surface area contributed by atoms with Crippen LogP contribution in [0.15, 0.2) is 27.8 Å². The van der Waals surface area contributed by atoms with Crippen molar-refractivity contribution in [2.24, 2.45) is 10.9 Å². The Morgan fingerprint density at radius 2 is 2.11 bits per heavy atom. The average Bonchev–Trinajstić information content (AvgIpc) is 3.36. The Kier molecular flexibility index (Phi) is 9.19. The van der Waals surface area contributed by atoms with Crippen molar-refractivity contribution >= 4 is 29.9 Å². The molecule has 1 aliphatic rings. The molecule has 2 aromatic heterocycles. The van der Waals surface area contributed by atoms with Crippen molar-refractivity contribution in [1.82, 2.24) is 30.7 Å². The fraction of sp³-hybridized carbons (Fsp3) is 0.611. The summed E-state index contributed by atoms with van der Waals surface area (Å²) in [4.78, 5) is 11.2. The summed E-state index contributed by atoms with van der Waals surface area (Å²) in [5, 5.41) is 13.8. The summed E-state index contributed by atoms with van der Waals surface area (Å²) < 4.78 is 10.8. The lowest BCUT2D eigenvalue weighted by molar-refractivity contribution is 0.00752. The molecule has 0 aliphatic carbocycles. The van der Waals surface area contributed by atoms with Crippen LogP contribution < -0.4 is 10.6 Å². The van der Waals surface area contributed by atoms with E-state index in [4.69, 9.17) is 9.15 Å². The van der Waals surface area contributed by atoms with Gasteiger partial charge in [-0.15, -0.1) is 29.1 Å². The fourth-order valence-electron chi connectivity index (χ4n) is 3.18. The molecule has 0 amide bonds. The van der Waals surface area contributed by atoms with Gasteiger partial charge in [-0.1, -0.05) is 13.8 Å². The van der Waals surface area contributed by atoms with Crippen LogP contribution in [0.2, 0.25) is 0 Å². The first-order valence-corrected chi connectivity index (χ1v) is 9.39. The first-order chi connectivity index (χ1) is 13.2. The van der Waals surface area contributed by atoms with E-state index in [1.165, 1.54) is 0 Å². The van der Waals surface area contributed by atoms with Crippen LogP contribution in [0.3, 0.4) is 0 Å². The average molecular weight is 503 g/mol. The number of guanidine groups is 1. The number of hydrogen-bond acceptors (Lipinski definition) is 6. The van der Waals surface area contributed by atoms with Gasteiger partial charge in [0.25, 0.3) is 0 Å². The smallest absolute Gasteiger partial charge is 0.216 e. The number of halogens is 1. The van der Waals surface area contributed by atoms with E-state index in [9.17, 15) is 0 Å². The number of H-pyrrole nitrogens is 1. The number of ether oxygens (including phenoxy) is 1. The van der Waals surface area contributed by atoms with E-state index in [-0.39, 0.29) is 24.0 Å². The molecule has 1 fully saturated rings. The Bertz CT molecular complexity index is 711. The van der Waals surface area contributed by atoms with E-state index in [1.54, 1.807) is 13.3 Å². The number of aliphatic imine (C=N–C) groups is 1. The number of aromatic amines is 1. The predicted octanol–water partition coefficient (Wildman–Crippen LogP) is 1.70. The highest BCUT2D eigenvalue weighted by Gasteiger charge is 2.23. The summed E-state index contributed by atoms with van der Waals surface area (Å²) in [5.41, 5.74) is 0. The van der Waals surface area contributed by atoms with Crippen LogP contribution in [-0.4, -0.2) is 72.0 Å². The molecule has 3 heterocycles. The lowest BCUT2D eigenvalue weighted by Gasteiger charge is -2.37. The zero-order valence-electron chi connectivity index (χ0n) is 16.6. The summed E-state index contributed by atoms with van der Waals surface area (Å²) in [7, 11) is 1.77. The summed E-state index contributed by atoms with van der Waals surface area (Å²) >= 11 is 0. The third-order valence-corrected chi connectivity index (χ3v) is 4.68. The van der Waals surface area contributed by atoms with Crippen LogP contribution in [0, 0.1) is 5.92 Å². The van der Waals surface area contributed by atoms with Crippen molar-refractivity contribution in [3.05, 3.63) is 24.2 Å². The minimum atomic E-state index is 0. The molecule has 3 rings (SSSR count). The molecular weight excluding hydrogens is 473 g/mol. The van der Waals surface area contributed by atoms with E-state index in [0.29, 0.717) is 30.1 Å². The molecule has 156 valence electrons. The van der Waals surface area contributed by atoms with Gasteiger partial charge >= 0.3 is 0 Å². The lowest BCUT2D eigenvalue weighted by atomic mass is 10.0. The zero-order chi connectivity index (χ0) is 19.1. The summed E-state index contributed by atoms with van der Waals surface area (Å²) in [6, 6.07) is 4.08. The highest BCUT2D eigenvalue weighted by atomic mass is 127. The van der Waals surface area contributed by atoms with Gasteiger partial charge in [0.15, 0.2) is 11.7 Å². The minimum Gasteiger partial charge on any atom is -0.461 e. The number of aromatic nitrogens is 3. The second-order valence-electron chi connectivity index (χ2n) is 6.85. The van der Waals surface area contributed by atoms with Gasteiger partial charge in [-0.3, -0.25) is 15.0 Å². The van der Waals surface area contributed by atoms with E-state index >= 15 is 0 Å². The first-order valence-electron chi connectivity index (χ1n) is 9.39. The number of morpholine rings is 1. The second kappa shape index (κ2) is 11.4. The maximum Gasteiger partial charge on any atom is 0.216 e. The molecule has 1 unspecified atom stereocenters. The predicted molar refractivity (Wildman–Crippen MR) is 119 cm³/mol. The Hall–Kier alpha value is -1.66. The molecule has 0 bridgehead atoms. The molecule has 10 heteroatoms. The molecule has 0 radical (unpaired) electrons. The molecule has 9 nitrogen and oxygen atoms in total. The third kappa shape index (κ3) is 6.17. The molecular formula is C18H30IN7O2. The SMILES string of the molecule is CN=C(NCc1nc(-c2ccco2)n[nH]1)NCC(C(C)C)N1CCOCC1.I. The fourth-order valence-corrected chi connectivity index (χ4v) is 3.18. The third-order valence-electron chi connectivity index (χ3n) is 4.68. The van der Waals surface area contributed by atoms with Crippen LogP contribution in [0.4, 0.5) is 0 Å². The summed E-state index contributed by atoms with van der Waals surface area (Å²) in [6.45, 7) is 9.39. The van der Waals surface area contributed by atoms with Gasteiger partial charge in [0.2, 0.25) is 5.82 Å². The van der Waals surface area contributed by atoms with Crippen molar-refractivity contribution < 1.29 is 9.15 Å². The van der Waals surface area contributed by atoms with Crippen molar-refractivity contribution in [1.29, 1.82) is 0 Å². The number of furan rings is 1. The molecule has 28 heavy (non-hydrogen) atoms. The van der Waals surface area contributed by atoms with E-state index in [2.05, 4.69) is 49.6 Å². The molecule has 1 aliphatic heterocycles. The highest BCUT2D eigenvalue weighted by molar-refractivity contribution is 14.0. The minimum absolute atomic E-state index is 0. The van der Waals surface area contributed by atoms with E-state index in [1.807, 2.05) is 12.1 Å². The summed E-state index contributed by atoms with van der Waals surface area (Å²) in [6.07, 6.45) is 1.61. The van der Waals surface area contributed by atoms with Crippen LogP contribution >= 0.6 is 24.0 Å². The normalized spacial score (nSPS) is 16.6. The van der Waals surface area contributed by atoms with Crippen LogP contribution in [0.25, 0.3) is 11.6 Å². The molecule has 0 saturated carbocycles. The van der Waals surface area contributed by atoms with Crippen LogP contribution in [-0.2, 0) is 11.3 Å². The molecule has 1 saturated heterocycles. The van der Waals surface area contributed by atoms with Crippen LogP contribution in [0.1, 0.15) is 19.7 Å². The number of hydrogen-bond donors (Lipinski definition) is 3. The molecule has 1 atom stereocenters. The van der Waals surface area contributed by atoms with E-state index in [0.717, 1.165) is 44.6 Å². The number of nitrogens with one attached hydrogen (secondary N) is 3. The largest absolute Gasteiger partial charge is 0.461 e. The zero-order valence-corrected chi connectivity index (χ0v) is 19.0. The molecule has 0 aromatic carbocycles. The van der Waals surface area contributed by atoms with Gasteiger partial charge in [-0.2, -0.15) is 0 Å². The van der Waals surface area contributed by atoms with Gasteiger partial charge in [0, 0.05) is 32.7 Å². The quantitative estimate of drug-likeness (QED) is 0.300. The Labute approximate surface area is 182 Å². The van der Waals surface area contributed by atoms with Crippen LogP contribution in [0.5, 0.6) is 0 Å². The van der Waals surface area contributed by atoms with Crippen molar-refractivity contribution in [3.63, 3.8) is 0 Å². The van der Waals surface area contributed by atoms with Gasteiger partial charge in [-0.25, -0.2) is 4.98 Å². The Morgan fingerprint density at radius 3 is 2.75 bits per heavy atom. The number of nitrogens with zero attached hydrogens (tertiary/aromatic N) is 4. The molecule has 2 aromatic rings. The summed E-state index contributed by atoms with van der Waals surface area (Å²) in [5.74, 6) is 3.19. The molecule has 0 spiro atoms. The van der Waals surface area contributed by atoms with Gasteiger partial charge in [0.1, 0.15) is 5.82 Å². The maximum absolute atomic E-state index is 5.47. The molecule has 3 N–H and O–H groups in total. The monoisotopic (exact) mass is 503 g/mol. The van der Waals surface area contributed by atoms with E-state index < -0.39 is 0 Å². The Morgan fingerprint density at radius 1 is 1.32 bits per heavy atom.